The second-order valence-electron chi connectivity index (χ2n) is 6.83. The monoisotopic (exact) mass is 406 g/mol. The van der Waals surface area contributed by atoms with Gasteiger partial charge >= 0.3 is 0 Å². The molecule has 1 aliphatic heterocycles. The van der Waals surface area contributed by atoms with E-state index in [0.717, 1.165) is 23.1 Å². The highest BCUT2D eigenvalue weighted by molar-refractivity contribution is 6.32. The molecular formula is C23H19ClN2O3. The molecular weight excluding hydrogens is 388 g/mol. The van der Waals surface area contributed by atoms with Crippen LogP contribution >= 0.6 is 11.6 Å². The number of amides is 2. The molecule has 1 aliphatic rings. The number of rotatable bonds is 4. The van der Waals surface area contributed by atoms with Gasteiger partial charge in [0.25, 0.3) is 11.8 Å². The van der Waals surface area contributed by atoms with Crippen LogP contribution in [0.3, 0.4) is 0 Å². The smallest absolute Gasteiger partial charge is 0.282 e. The van der Waals surface area contributed by atoms with Crippen molar-refractivity contribution in [3.8, 4) is 11.3 Å². The Morgan fingerprint density at radius 3 is 2.52 bits per heavy atom. The zero-order chi connectivity index (χ0) is 20.5. The number of benzene rings is 2. The van der Waals surface area contributed by atoms with Gasteiger partial charge in [0, 0.05) is 10.6 Å². The summed E-state index contributed by atoms with van der Waals surface area (Å²) in [5.74, 6) is 0.136. The van der Waals surface area contributed by atoms with Crippen LogP contribution in [0.1, 0.15) is 23.8 Å². The van der Waals surface area contributed by atoms with Crippen molar-refractivity contribution in [1.82, 2.24) is 5.43 Å². The summed E-state index contributed by atoms with van der Waals surface area (Å²) in [6.07, 6.45) is 2.36. The molecule has 1 fully saturated rings. The van der Waals surface area contributed by atoms with Gasteiger partial charge in [-0.15, -0.1) is 0 Å². The molecule has 0 atom stereocenters. The first-order valence-corrected chi connectivity index (χ1v) is 9.66. The molecule has 4 rings (SSSR count). The van der Waals surface area contributed by atoms with E-state index in [9.17, 15) is 9.59 Å². The summed E-state index contributed by atoms with van der Waals surface area (Å²) in [5, 5.41) is 1.89. The maximum atomic E-state index is 12.7. The molecule has 1 N–H and O–H groups in total. The van der Waals surface area contributed by atoms with Gasteiger partial charge in [-0.25, -0.2) is 5.01 Å². The third kappa shape index (κ3) is 3.69. The molecule has 0 bridgehead atoms. The van der Waals surface area contributed by atoms with Crippen LogP contribution < -0.4 is 10.4 Å². The fourth-order valence-electron chi connectivity index (χ4n) is 3.09. The average molecular weight is 407 g/mol. The van der Waals surface area contributed by atoms with E-state index in [2.05, 4.69) is 12.3 Å². The summed E-state index contributed by atoms with van der Waals surface area (Å²) in [4.78, 5) is 25.1. The van der Waals surface area contributed by atoms with Gasteiger partial charge in [-0.1, -0.05) is 42.8 Å². The van der Waals surface area contributed by atoms with Crippen LogP contribution in [0.25, 0.3) is 17.4 Å². The first-order valence-electron chi connectivity index (χ1n) is 9.28. The first-order chi connectivity index (χ1) is 14.0. The highest BCUT2D eigenvalue weighted by Gasteiger charge is 2.34. The number of carbonyl (C=O) groups is 2. The van der Waals surface area contributed by atoms with Crippen molar-refractivity contribution in [3.05, 3.63) is 82.1 Å². The van der Waals surface area contributed by atoms with Crippen LogP contribution in [0, 0.1) is 6.92 Å². The Hall–Kier alpha value is -3.31. The van der Waals surface area contributed by atoms with Gasteiger partial charge in [0.05, 0.1) is 5.69 Å². The maximum absolute atomic E-state index is 12.7. The Morgan fingerprint density at radius 1 is 1.07 bits per heavy atom. The fourth-order valence-corrected chi connectivity index (χ4v) is 3.27. The second-order valence-corrected chi connectivity index (χ2v) is 7.23. The van der Waals surface area contributed by atoms with Crippen LogP contribution in [-0.2, 0) is 16.0 Å². The third-order valence-corrected chi connectivity index (χ3v) is 5.27. The minimum absolute atomic E-state index is 0.0207. The summed E-state index contributed by atoms with van der Waals surface area (Å²) in [7, 11) is 0. The Labute approximate surface area is 173 Å². The molecule has 3 aromatic rings. The normalized spacial score (nSPS) is 15.3. The number of halogens is 1. The Balaban J connectivity index is 1.59. The van der Waals surface area contributed by atoms with Crippen LogP contribution in [-0.4, -0.2) is 11.8 Å². The van der Waals surface area contributed by atoms with Crippen molar-refractivity contribution >= 4 is 35.2 Å². The predicted molar refractivity (Wildman–Crippen MR) is 113 cm³/mol. The van der Waals surface area contributed by atoms with E-state index in [0.29, 0.717) is 22.2 Å². The molecule has 2 amide bonds. The fraction of sp³-hybridized carbons (Fsp3) is 0.130. The lowest BCUT2D eigenvalue weighted by molar-refractivity contribution is -0.117. The minimum atomic E-state index is -0.467. The van der Waals surface area contributed by atoms with Crippen molar-refractivity contribution in [3.63, 3.8) is 0 Å². The third-order valence-electron chi connectivity index (χ3n) is 4.86. The summed E-state index contributed by atoms with van der Waals surface area (Å²) in [6.45, 7) is 3.98. The molecule has 2 aromatic carbocycles. The summed E-state index contributed by atoms with van der Waals surface area (Å²) in [5.41, 5.74) is 6.18. The predicted octanol–water partition coefficient (Wildman–Crippen LogP) is 4.93. The molecule has 2 heterocycles. The van der Waals surface area contributed by atoms with Gasteiger partial charge in [0.2, 0.25) is 0 Å². The Morgan fingerprint density at radius 2 is 1.83 bits per heavy atom. The van der Waals surface area contributed by atoms with Gasteiger partial charge in [-0.2, -0.15) is 0 Å². The highest BCUT2D eigenvalue weighted by atomic mass is 35.5. The summed E-state index contributed by atoms with van der Waals surface area (Å²) in [6, 6.07) is 16.6. The van der Waals surface area contributed by atoms with E-state index < -0.39 is 11.8 Å². The van der Waals surface area contributed by atoms with E-state index in [1.165, 1.54) is 11.1 Å². The van der Waals surface area contributed by atoms with Crippen LogP contribution in [0.2, 0.25) is 5.02 Å². The van der Waals surface area contributed by atoms with Crippen molar-refractivity contribution in [2.75, 3.05) is 5.01 Å². The highest BCUT2D eigenvalue weighted by Crippen LogP contribution is 2.28. The number of hydrogen-bond acceptors (Lipinski definition) is 3. The molecule has 29 heavy (non-hydrogen) atoms. The number of furan rings is 1. The maximum Gasteiger partial charge on any atom is 0.282 e. The van der Waals surface area contributed by atoms with E-state index in [-0.39, 0.29) is 5.57 Å². The molecule has 146 valence electrons. The van der Waals surface area contributed by atoms with Gasteiger partial charge in [0.15, 0.2) is 0 Å². The quantitative estimate of drug-likeness (QED) is 0.493. The summed E-state index contributed by atoms with van der Waals surface area (Å²) < 4.78 is 5.81. The number of hydrazine groups is 1. The van der Waals surface area contributed by atoms with Crippen LogP contribution in [0.15, 0.2) is 64.6 Å². The number of aryl methyl sites for hydroxylation is 2. The zero-order valence-electron chi connectivity index (χ0n) is 16.0. The van der Waals surface area contributed by atoms with Gasteiger partial charge in [-0.3, -0.25) is 15.0 Å². The number of carbonyl (C=O) groups excluding carboxylic acids is 2. The number of nitrogens with zero attached hydrogens (tertiary/aromatic N) is 1. The van der Waals surface area contributed by atoms with E-state index >= 15 is 0 Å². The van der Waals surface area contributed by atoms with Gasteiger partial charge in [0.1, 0.15) is 17.1 Å². The van der Waals surface area contributed by atoms with Crippen molar-refractivity contribution in [2.45, 2.75) is 20.3 Å². The minimum Gasteiger partial charge on any atom is -0.457 e. The van der Waals surface area contributed by atoms with Crippen molar-refractivity contribution in [1.29, 1.82) is 0 Å². The lowest BCUT2D eigenvalue weighted by Gasteiger charge is -2.14. The largest absolute Gasteiger partial charge is 0.457 e. The lowest BCUT2D eigenvalue weighted by atomic mass is 10.1. The molecule has 6 heteroatoms. The SMILES string of the molecule is CCc1ccc(N2NC(=O)/C(=C\c3ccc(-c4ccc(C)c(Cl)c4)o3)C2=O)cc1. The Kier molecular flexibility index (Phi) is 4.99. The lowest BCUT2D eigenvalue weighted by Crippen LogP contribution is -2.35. The molecule has 0 radical (unpaired) electrons. The molecule has 0 aliphatic carbocycles. The topological polar surface area (TPSA) is 62.6 Å². The first kappa shape index (κ1) is 19.0. The molecule has 1 aromatic heterocycles. The van der Waals surface area contributed by atoms with E-state index in [4.69, 9.17) is 16.0 Å². The van der Waals surface area contributed by atoms with Crippen molar-refractivity contribution < 1.29 is 14.0 Å². The average Bonchev–Trinajstić information content (AvgIpc) is 3.30. The molecule has 0 spiro atoms. The van der Waals surface area contributed by atoms with E-state index in [1.807, 2.05) is 49.4 Å². The molecule has 0 unspecified atom stereocenters. The standard InChI is InChI=1S/C23H19ClN2O3/c1-3-15-5-8-17(9-6-15)26-23(28)19(22(27)25-26)13-18-10-11-21(29-18)16-7-4-14(2)20(24)12-16/h4-13H,3H2,1-2H3,(H,25,27)/b19-13+. The number of nitrogens with one attached hydrogen (secondary N) is 1. The Bertz CT molecular complexity index is 1130. The zero-order valence-corrected chi connectivity index (χ0v) is 16.8. The number of hydrogen-bond donors (Lipinski definition) is 1. The summed E-state index contributed by atoms with van der Waals surface area (Å²) >= 11 is 6.18. The molecule has 5 nitrogen and oxygen atoms in total. The van der Waals surface area contributed by atoms with Gasteiger partial charge < -0.3 is 4.42 Å². The number of anilines is 1. The van der Waals surface area contributed by atoms with Crippen LogP contribution in [0.5, 0.6) is 0 Å². The van der Waals surface area contributed by atoms with Gasteiger partial charge in [-0.05, 0) is 60.9 Å². The van der Waals surface area contributed by atoms with Crippen molar-refractivity contribution in [2.24, 2.45) is 0 Å². The second kappa shape index (κ2) is 7.60. The molecule has 0 saturated carbocycles. The molecule has 1 saturated heterocycles. The van der Waals surface area contributed by atoms with Crippen LogP contribution in [0.4, 0.5) is 5.69 Å². The van der Waals surface area contributed by atoms with E-state index in [1.54, 1.807) is 12.1 Å².